The highest BCUT2D eigenvalue weighted by Gasteiger charge is 2.05. The van der Waals surface area contributed by atoms with Gasteiger partial charge < -0.3 is 10.2 Å². The third kappa shape index (κ3) is 2.02. The van der Waals surface area contributed by atoms with Crippen molar-refractivity contribution in [3.05, 3.63) is 24.3 Å². The number of rotatable bonds is 3. The fourth-order valence-corrected chi connectivity index (χ4v) is 1.36. The summed E-state index contributed by atoms with van der Waals surface area (Å²) in [6.07, 6.45) is 4.30. The van der Waals surface area contributed by atoms with Crippen molar-refractivity contribution in [3.63, 3.8) is 0 Å². The van der Waals surface area contributed by atoms with Gasteiger partial charge in [-0.25, -0.2) is 4.98 Å². The summed E-state index contributed by atoms with van der Waals surface area (Å²) in [7, 11) is 0. The number of hydrogen-bond donors (Lipinski definition) is 2. The molecule has 2 rings (SSSR count). The molecule has 2 aromatic rings. The van der Waals surface area contributed by atoms with Crippen molar-refractivity contribution in [2.45, 2.75) is 12.8 Å². The molecule has 0 aliphatic carbocycles. The van der Waals surface area contributed by atoms with E-state index in [4.69, 9.17) is 5.11 Å². The van der Waals surface area contributed by atoms with E-state index in [-0.39, 0.29) is 12.5 Å². The minimum absolute atomic E-state index is 0.0321. The summed E-state index contributed by atoms with van der Waals surface area (Å²) < 4.78 is 0. The van der Waals surface area contributed by atoms with Crippen LogP contribution in [0.3, 0.4) is 0 Å². The summed E-state index contributed by atoms with van der Waals surface area (Å²) in [4.78, 5) is 12.1. The zero-order chi connectivity index (χ0) is 10.7. The van der Waals surface area contributed by atoms with Crippen molar-refractivity contribution in [2.24, 2.45) is 0 Å². The second kappa shape index (κ2) is 4.18. The summed E-state index contributed by atoms with van der Waals surface area (Å²) in [6, 6.07) is 1.67. The number of pyridine rings is 1. The molecule has 5 nitrogen and oxygen atoms in total. The first kappa shape index (κ1) is 9.79. The fourth-order valence-electron chi connectivity index (χ4n) is 1.36. The molecule has 5 heteroatoms. The number of aromatic nitrogens is 3. The van der Waals surface area contributed by atoms with Gasteiger partial charge in [-0.3, -0.25) is 4.98 Å². The third-order valence-corrected chi connectivity index (χ3v) is 2.08. The van der Waals surface area contributed by atoms with E-state index in [2.05, 4.69) is 15.0 Å². The first-order valence-corrected chi connectivity index (χ1v) is 4.71. The number of hydrogen-bond acceptors (Lipinski definition) is 5. The van der Waals surface area contributed by atoms with Gasteiger partial charge in [-0.05, 0) is 12.5 Å². The first-order chi connectivity index (χ1) is 7.31. The zero-order valence-corrected chi connectivity index (χ0v) is 8.09. The maximum Gasteiger partial charge on any atom is 0.222 e. The molecule has 0 spiro atoms. The van der Waals surface area contributed by atoms with E-state index in [0.29, 0.717) is 29.6 Å². The number of aromatic hydroxyl groups is 1. The Labute approximate surface area is 86.5 Å². The van der Waals surface area contributed by atoms with Crippen LogP contribution in [0.15, 0.2) is 18.5 Å². The molecule has 0 saturated heterocycles. The summed E-state index contributed by atoms with van der Waals surface area (Å²) in [5.41, 5.74) is 0.623. The lowest BCUT2D eigenvalue weighted by Crippen LogP contribution is -1.98. The fraction of sp³-hybridized carbons (Fsp3) is 0.300. The highest BCUT2D eigenvalue weighted by Crippen LogP contribution is 2.19. The Hall–Kier alpha value is -1.75. The van der Waals surface area contributed by atoms with Crippen molar-refractivity contribution in [1.82, 2.24) is 15.0 Å². The van der Waals surface area contributed by atoms with Gasteiger partial charge in [0.05, 0.1) is 17.1 Å². The maximum absolute atomic E-state index is 9.61. The lowest BCUT2D eigenvalue weighted by molar-refractivity contribution is 0.287. The van der Waals surface area contributed by atoms with Crippen LogP contribution in [0.4, 0.5) is 0 Å². The Bertz CT molecular complexity index is 473. The second-order valence-corrected chi connectivity index (χ2v) is 3.18. The standard InChI is InChI=1S/C10H11N3O2/c14-5-1-2-9-12-8-6-11-4-3-7(8)10(15)13-9/h3-4,6,14H,1-2,5H2,(H,12,13,15). The van der Waals surface area contributed by atoms with Gasteiger partial charge in [0.25, 0.3) is 0 Å². The number of aryl methyl sites for hydroxylation is 1. The van der Waals surface area contributed by atoms with Crippen LogP contribution in [-0.2, 0) is 6.42 Å². The molecule has 2 heterocycles. The molecular weight excluding hydrogens is 194 g/mol. The molecule has 78 valence electrons. The van der Waals surface area contributed by atoms with Crippen LogP contribution in [0.1, 0.15) is 12.2 Å². The molecule has 0 radical (unpaired) electrons. The van der Waals surface area contributed by atoms with Crippen molar-refractivity contribution in [2.75, 3.05) is 6.61 Å². The molecule has 0 saturated carbocycles. The van der Waals surface area contributed by atoms with Crippen LogP contribution < -0.4 is 0 Å². The summed E-state index contributed by atoms with van der Waals surface area (Å²) >= 11 is 0. The molecule has 0 unspecified atom stereocenters. The Kier molecular flexibility index (Phi) is 2.73. The van der Waals surface area contributed by atoms with E-state index >= 15 is 0 Å². The van der Waals surface area contributed by atoms with Crippen LogP contribution in [0, 0.1) is 0 Å². The average Bonchev–Trinajstić information content (AvgIpc) is 2.26. The highest BCUT2D eigenvalue weighted by atomic mass is 16.3. The van der Waals surface area contributed by atoms with Gasteiger partial charge in [0, 0.05) is 19.2 Å². The van der Waals surface area contributed by atoms with Crippen molar-refractivity contribution in [3.8, 4) is 5.88 Å². The monoisotopic (exact) mass is 205 g/mol. The number of aliphatic hydroxyl groups excluding tert-OH is 1. The lowest BCUT2D eigenvalue weighted by Gasteiger charge is -2.02. The van der Waals surface area contributed by atoms with Crippen molar-refractivity contribution in [1.29, 1.82) is 0 Å². The van der Waals surface area contributed by atoms with Gasteiger partial charge >= 0.3 is 0 Å². The number of aliphatic hydroxyl groups is 1. The molecule has 0 fully saturated rings. The van der Waals surface area contributed by atoms with Crippen LogP contribution >= 0.6 is 0 Å². The van der Waals surface area contributed by atoms with Gasteiger partial charge in [-0.2, -0.15) is 4.98 Å². The zero-order valence-electron chi connectivity index (χ0n) is 8.09. The second-order valence-electron chi connectivity index (χ2n) is 3.18. The quantitative estimate of drug-likeness (QED) is 0.769. The van der Waals surface area contributed by atoms with E-state index in [1.165, 1.54) is 0 Å². The topological polar surface area (TPSA) is 79.1 Å². The van der Waals surface area contributed by atoms with Crippen molar-refractivity contribution >= 4 is 10.9 Å². The molecule has 2 N–H and O–H groups in total. The highest BCUT2D eigenvalue weighted by molar-refractivity contribution is 5.81. The predicted octanol–water partition coefficient (Wildman–Crippen LogP) is 0.655. The summed E-state index contributed by atoms with van der Waals surface area (Å²) in [5.74, 6) is 0.498. The Morgan fingerprint density at radius 3 is 2.93 bits per heavy atom. The normalized spacial score (nSPS) is 10.7. The largest absolute Gasteiger partial charge is 0.493 e. The molecule has 0 aromatic carbocycles. The van der Waals surface area contributed by atoms with E-state index in [1.807, 2.05) is 0 Å². The van der Waals surface area contributed by atoms with Gasteiger partial charge in [0.15, 0.2) is 0 Å². The third-order valence-electron chi connectivity index (χ3n) is 2.08. The van der Waals surface area contributed by atoms with Gasteiger partial charge in [-0.1, -0.05) is 0 Å². The predicted molar refractivity (Wildman–Crippen MR) is 54.4 cm³/mol. The van der Waals surface area contributed by atoms with Crippen LogP contribution in [0.25, 0.3) is 10.9 Å². The van der Waals surface area contributed by atoms with Gasteiger partial charge in [0.1, 0.15) is 5.82 Å². The molecule has 0 bridgehead atoms. The first-order valence-electron chi connectivity index (χ1n) is 4.71. The molecule has 15 heavy (non-hydrogen) atoms. The Morgan fingerprint density at radius 1 is 1.27 bits per heavy atom. The molecule has 0 aliphatic heterocycles. The average molecular weight is 205 g/mol. The maximum atomic E-state index is 9.61. The molecule has 0 aliphatic rings. The Balaban J connectivity index is 2.43. The SMILES string of the molecule is OCCCc1nc(O)c2ccncc2n1. The van der Waals surface area contributed by atoms with E-state index in [9.17, 15) is 5.11 Å². The van der Waals surface area contributed by atoms with Crippen LogP contribution in [0.2, 0.25) is 0 Å². The minimum Gasteiger partial charge on any atom is -0.493 e. The molecule has 2 aromatic heterocycles. The lowest BCUT2D eigenvalue weighted by atomic mass is 10.2. The smallest absolute Gasteiger partial charge is 0.222 e. The van der Waals surface area contributed by atoms with Gasteiger partial charge in [0.2, 0.25) is 5.88 Å². The summed E-state index contributed by atoms with van der Waals surface area (Å²) in [6.45, 7) is 0.0925. The molecular formula is C10H11N3O2. The van der Waals surface area contributed by atoms with E-state index in [1.54, 1.807) is 18.5 Å². The number of nitrogens with zero attached hydrogens (tertiary/aromatic N) is 3. The van der Waals surface area contributed by atoms with E-state index < -0.39 is 0 Å². The minimum atomic E-state index is -0.0321. The van der Waals surface area contributed by atoms with Crippen LogP contribution in [0.5, 0.6) is 5.88 Å². The molecule has 0 atom stereocenters. The summed E-state index contributed by atoms with van der Waals surface area (Å²) in [5, 5.41) is 18.9. The van der Waals surface area contributed by atoms with Crippen molar-refractivity contribution < 1.29 is 10.2 Å². The molecule has 0 amide bonds. The van der Waals surface area contributed by atoms with Gasteiger partial charge in [-0.15, -0.1) is 0 Å². The Morgan fingerprint density at radius 2 is 2.13 bits per heavy atom. The van der Waals surface area contributed by atoms with Crippen LogP contribution in [-0.4, -0.2) is 31.8 Å². The van der Waals surface area contributed by atoms with E-state index in [0.717, 1.165) is 0 Å². The number of fused-ring (bicyclic) bond motifs is 1.